The Balaban J connectivity index is 1.81. The molecular formula is C23H23F2N3O5S. The Morgan fingerprint density at radius 1 is 1.15 bits per heavy atom. The zero-order chi connectivity index (χ0) is 24.7. The number of piperidine rings is 1. The van der Waals surface area contributed by atoms with Crippen LogP contribution in [0.25, 0.3) is 6.08 Å². The van der Waals surface area contributed by atoms with Crippen molar-refractivity contribution in [1.29, 1.82) is 5.26 Å². The fourth-order valence-electron chi connectivity index (χ4n) is 3.47. The lowest BCUT2D eigenvalue weighted by molar-refractivity contribution is -0.112. The van der Waals surface area contributed by atoms with E-state index in [2.05, 4.69) is 10.1 Å². The van der Waals surface area contributed by atoms with E-state index < -0.39 is 22.5 Å². The molecule has 0 aliphatic carbocycles. The molecule has 180 valence electrons. The lowest BCUT2D eigenvalue weighted by atomic mass is 10.1. The van der Waals surface area contributed by atoms with Gasteiger partial charge in [0, 0.05) is 18.8 Å². The van der Waals surface area contributed by atoms with Gasteiger partial charge in [0.2, 0.25) is 10.0 Å². The van der Waals surface area contributed by atoms with Crippen molar-refractivity contribution >= 4 is 27.7 Å². The molecule has 0 saturated carbocycles. The number of methoxy groups -OCH3 is 1. The molecule has 0 aromatic heterocycles. The largest absolute Gasteiger partial charge is 0.493 e. The Bertz CT molecular complexity index is 1220. The van der Waals surface area contributed by atoms with Gasteiger partial charge in [0.25, 0.3) is 5.91 Å². The Hall–Kier alpha value is -3.49. The maximum absolute atomic E-state index is 12.9. The van der Waals surface area contributed by atoms with E-state index in [0.717, 1.165) is 19.3 Å². The number of ether oxygens (including phenoxy) is 2. The molecule has 0 spiro atoms. The number of nitriles is 1. The number of hydrogen-bond acceptors (Lipinski definition) is 6. The van der Waals surface area contributed by atoms with Crippen molar-refractivity contribution in [3.63, 3.8) is 0 Å². The minimum Gasteiger partial charge on any atom is -0.493 e. The summed E-state index contributed by atoms with van der Waals surface area (Å²) in [6.07, 6.45) is 3.76. The normalized spacial score (nSPS) is 15.0. The maximum Gasteiger partial charge on any atom is 0.387 e. The molecule has 2 aromatic rings. The van der Waals surface area contributed by atoms with E-state index in [1.165, 1.54) is 60.0 Å². The van der Waals surface area contributed by atoms with E-state index in [1.807, 2.05) is 0 Å². The highest BCUT2D eigenvalue weighted by molar-refractivity contribution is 7.89. The van der Waals surface area contributed by atoms with Crippen LogP contribution in [-0.2, 0) is 14.8 Å². The number of anilines is 1. The first-order valence-electron chi connectivity index (χ1n) is 10.4. The molecule has 1 aliphatic rings. The lowest BCUT2D eigenvalue weighted by Crippen LogP contribution is -2.35. The number of carbonyl (C=O) groups excluding carboxylic acids is 1. The van der Waals surface area contributed by atoms with Crippen molar-refractivity contribution in [1.82, 2.24) is 4.31 Å². The molecule has 0 unspecified atom stereocenters. The van der Waals surface area contributed by atoms with E-state index in [9.17, 15) is 27.3 Å². The highest BCUT2D eigenvalue weighted by atomic mass is 32.2. The predicted octanol–water partition coefficient (Wildman–Crippen LogP) is 4.02. The van der Waals surface area contributed by atoms with Crippen LogP contribution in [0.2, 0.25) is 0 Å². The smallest absolute Gasteiger partial charge is 0.387 e. The number of halogens is 2. The Labute approximate surface area is 196 Å². The molecule has 1 heterocycles. The van der Waals surface area contributed by atoms with E-state index in [4.69, 9.17) is 4.74 Å². The molecule has 2 aromatic carbocycles. The summed E-state index contributed by atoms with van der Waals surface area (Å²) in [6, 6.07) is 11.6. The van der Waals surface area contributed by atoms with Gasteiger partial charge in [-0.15, -0.1) is 0 Å². The summed E-state index contributed by atoms with van der Waals surface area (Å²) in [5.41, 5.74) is 0.128. The van der Waals surface area contributed by atoms with Crippen LogP contribution >= 0.6 is 0 Å². The van der Waals surface area contributed by atoms with Crippen molar-refractivity contribution in [3.05, 3.63) is 53.6 Å². The van der Waals surface area contributed by atoms with Crippen molar-refractivity contribution in [2.75, 3.05) is 25.5 Å². The Kier molecular flexibility index (Phi) is 8.20. The molecule has 0 radical (unpaired) electrons. The van der Waals surface area contributed by atoms with Crippen LogP contribution in [0.5, 0.6) is 11.5 Å². The minimum atomic E-state index is -3.70. The lowest BCUT2D eigenvalue weighted by Gasteiger charge is -2.26. The molecule has 1 amide bonds. The topological polar surface area (TPSA) is 109 Å². The first-order chi connectivity index (χ1) is 16.2. The highest BCUT2D eigenvalue weighted by Crippen LogP contribution is 2.30. The second kappa shape index (κ2) is 11.1. The third-order valence-electron chi connectivity index (χ3n) is 5.12. The molecule has 0 atom stereocenters. The Morgan fingerprint density at radius 3 is 2.53 bits per heavy atom. The molecule has 11 heteroatoms. The van der Waals surface area contributed by atoms with Gasteiger partial charge < -0.3 is 14.8 Å². The van der Waals surface area contributed by atoms with Crippen molar-refractivity contribution < 1.29 is 31.5 Å². The van der Waals surface area contributed by atoms with Crippen LogP contribution in [0, 0.1) is 11.3 Å². The van der Waals surface area contributed by atoms with Crippen molar-refractivity contribution in [2.24, 2.45) is 0 Å². The molecule has 1 fully saturated rings. The molecule has 0 bridgehead atoms. The van der Waals surface area contributed by atoms with Gasteiger partial charge in [0.05, 0.1) is 12.0 Å². The van der Waals surface area contributed by atoms with Gasteiger partial charge in [-0.1, -0.05) is 18.6 Å². The SMILES string of the molecule is COc1ccc(/C=C(\C#N)C(=O)Nc2cccc(S(=O)(=O)N3CCCCC3)c2)cc1OC(F)F. The molecule has 1 N–H and O–H groups in total. The zero-order valence-electron chi connectivity index (χ0n) is 18.3. The quantitative estimate of drug-likeness (QED) is 0.441. The molecule has 8 nitrogen and oxygen atoms in total. The molecule has 3 rings (SSSR count). The standard InChI is InChI=1S/C23H23F2N3O5S/c1-32-20-9-8-16(13-21(20)33-23(24)25)12-17(15-26)22(29)27-18-6-5-7-19(14-18)34(30,31)28-10-3-2-4-11-28/h5-9,12-14,23H,2-4,10-11H2,1H3,(H,27,29)/b17-12+. The first kappa shape index (κ1) is 25.1. The Morgan fingerprint density at radius 2 is 1.88 bits per heavy atom. The maximum atomic E-state index is 12.9. The average molecular weight is 492 g/mol. The summed E-state index contributed by atoms with van der Waals surface area (Å²) in [5, 5.41) is 12.0. The van der Waals surface area contributed by atoms with Gasteiger partial charge in [-0.2, -0.15) is 18.3 Å². The number of hydrogen-bond donors (Lipinski definition) is 1. The monoisotopic (exact) mass is 491 g/mol. The van der Waals surface area contributed by atoms with Crippen LogP contribution < -0.4 is 14.8 Å². The fraction of sp³-hybridized carbons (Fsp3) is 0.304. The van der Waals surface area contributed by atoms with Crippen LogP contribution in [0.4, 0.5) is 14.5 Å². The number of rotatable bonds is 8. The molecule has 34 heavy (non-hydrogen) atoms. The zero-order valence-corrected chi connectivity index (χ0v) is 19.1. The molecular weight excluding hydrogens is 468 g/mol. The van der Waals surface area contributed by atoms with Crippen molar-refractivity contribution in [2.45, 2.75) is 30.8 Å². The summed E-state index contributed by atoms with van der Waals surface area (Å²) in [6.45, 7) is -2.20. The highest BCUT2D eigenvalue weighted by Gasteiger charge is 2.26. The summed E-state index contributed by atoms with van der Waals surface area (Å²) < 4.78 is 61.9. The molecule has 1 saturated heterocycles. The second-order valence-electron chi connectivity index (χ2n) is 7.41. The summed E-state index contributed by atoms with van der Waals surface area (Å²) in [4.78, 5) is 12.7. The number of nitrogens with zero attached hydrogens (tertiary/aromatic N) is 2. The van der Waals surface area contributed by atoms with Gasteiger partial charge in [-0.3, -0.25) is 4.79 Å². The number of sulfonamides is 1. The first-order valence-corrected chi connectivity index (χ1v) is 11.8. The fourth-order valence-corrected chi connectivity index (χ4v) is 5.04. The van der Waals surface area contributed by atoms with E-state index in [1.54, 1.807) is 6.07 Å². The third-order valence-corrected chi connectivity index (χ3v) is 7.02. The van der Waals surface area contributed by atoms with Gasteiger partial charge in [0.15, 0.2) is 11.5 Å². The van der Waals surface area contributed by atoms with Gasteiger partial charge in [0.1, 0.15) is 11.6 Å². The van der Waals surface area contributed by atoms with Crippen LogP contribution in [0.3, 0.4) is 0 Å². The van der Waals surface area contributed by atoms with E-state index in [-0.39, 0.29) is 33.2 Å². The van der Waals surface area contributed by atoms with Crippen molar-refractivity contribution in [3.8, 4) is 17.6 Å². The van der Waals surface area contributed by atoms with Crippen LogP contribution in [0.1, 0.15) is 24.8 Å². The number of benzene rings is 2. The van der Waals surface area contributed by atoms with Gasteiger partial charge in [-0.05, 0) is 54.8 Å². The van der Waals surface area contributed by atoms with Crippen LogP contribution in [-0.4, -0.2) is 45.4 Å². The predicted molar refractivity (Wildman–Crippen MR) is 121 cm³/mol. The molecule has 1 aliphatic heterocycles. The van der Waals surface area contributed by atoms with Crippen LogP contribution in [0.15, 0.2) is 52.9 Å². The number of alkyl halides is 2. The minimum absolute atomic E-state index is 0.0404. The third kappa shape index (κ3) is 6.09. The average Bonchev–Trinajstić information content (AvgIpc) is 2.83. The summed E-state index contributed by atoms with van der Waals surface area (Å²) >= 11 is 0. The van der Waals surface area contributed by atoms with Gasteiger partial charge >= 0.3 is 6.61 Å². The number of amides is 1. The van der Waals surface area contributed by atoms with E-state index >= 15 is 0 Å². The van der Waals surface area contributed by atoms with E-state index in [0.29, 0.717) is 13.1 Å². The number of nitrogens with one attached hydrogen (secondary N) is 1. The number of carbonyl (C=O) groups is 1. The summed E-state index contributed by atoms with van der Waals surface area (Å²) in [7, 11) is -2.41. The summed E-state index contributed by atoms with van der Waals surface area (Å²) in [5.74, 6) is -0.978. The van der Waals surface area contributed by atoms with Gasteiger partial charge in [-0.25, -0.2) is 8.42 Å². The second-order valence-corrected chi connectivity index (χ2v) is 9.34.